The Morgan fingerprint density at radius 2 is 2.00 bits per heavy atom. The molecule has 5 heteroatoms. The highest BCUT2D eigenvalue weighted by atomic mass is 19.1. The van der Waals surface area contributed by atoms with E-state index < -0.39 is 17.5 Å². The highest BCUT2D eigenvalue weighted by Crippen LogP contribution is 2.25. The molecule has 4 nitrogen and oxygen atoms in total. The van der Waals surface area contributed by atoms with Crippen molar-refractivity contribution in [2.24, 2.45) is 0 Å². The van der Waals surface area contributed by atoms with E-state index in [-0.39, 0.29) is 5.75 Å². The summed E-state index contributed by atoms with van der Waals surface area (Å²) in [7, 11) is 1.40. The molecule has 0 radical (unpaired) electrons. The standard InChI is InChI=1S/C12H16FNO3/c1-12(2,3)17-11(15)14-9-6-5-8(13)7-10(9)16-4/h5-7H,1-4H3,(H,14,15). The number of carbonyl (C=O) groups excluding carboxylic acids is 1. The number of ether oxygens (including phenoxy) is 2. The summed E-state index contributed by atoms with van der Waals surface area (Å²) in [4.78, 5) is 11.5. The lowest BCUT2D eigenvalue weighted by Gasteiger charge is -2.20. The van der Waals surface area contributed by atoms with Crippen molar-refractivity contribution in [1.82, 2.24) is 0 Å². The Labute approximate surface area is 99.7 Å². The zero-order chi connectivity index (χ0) is 13.1. The van der Waals surface area contributed by atoms with Crippen molar-refractivity contribution in [3.63, 3.8) is 0 Å². The Bertz CT molecular complexity index is 413. The van der Waals surface area contributed by atoms with Crippen molar-refractivity contribution in [2.75, 3.05) is 12.4 Å². The Kier molecular flexibility index (Phi) is 3.93. The van der Waals surface area contributed by atoms with Crippen LogP contribution in [0.2, 0.25) is 0 Å². The Hall–Kier alpha value is -1.78. The van der Waals surface area contributed by atoms with E-state index in [1.807, 2.05) is 0 Å². The van der Waals surface area contributed by atoms with Crippen molar-refractivity contribution in [1.29, 1.82) is 0 Å². The summed E-state index contributed by atoms with van der Waals surface area (Å²) in [6, 6.07) is 3.83. The average molecular weight is 241 g/mol. The molecule has 0 spiro atoms. The molecule has 0 aliphatic heterocycles. The van der Waals surface area contributed by atoms with Gasteiger partial charge in [0.2, 0.25) is 0 Å². The van der Waals surface area contributed by atoms with Crippen LogP contribution in [0.4, 0.5) is 14.9 Å². The fourth-order valence-corrected chi connectivity index (χ4v) is 1.18. The first-order valence-electron chi connectivity index (χ1n) is 5.15. The zero-order valence-corrected chi connectivity index (χ0v) is 10.3. The minimum atomic E-state index is -0.609. The number of rotatable bonds is 2. The fraction of sp³-hybridized carbons (Fsp3) is 0.417. The smallest absolute Gasteiger partial charge is 0.412 e. The highest BCUT2D eigenvalue weighted by Gasteiger charge is 2.17. The largest absolute Gasteiger partial charge is 0.494 e. The molecule has 1 rings (SSSR count). The molecule has 1 N–H and O–H groups in total. The molecule has 0 bridgehead atoms. The van der Waals surface area contributed by atoms with Crippen LogP contribution in [0, 0.1) is 5.82 Å². The third-order valence-corrected chi connectivity index (χ3v) is 1.80. The second kappa shape index (κ2) is 5.03. The van der Waals surface area contributed by atoms with E-state index in [1.165, 1.54) is 25.3 Å². The van der Waals surface area contributed by atoms with Gasteiger partial charge < -0.3 is 9.47 Å². The molecule has 0 aliphatic carbocycles. The van der Waals surface area contributed by atoms with Crippen LogP contribution in [0.1, 0.15) is 20.8 Å². The van der Waals surface area contributed by atoms with Crippen LogP contribution in [-0.4, -0.2) is 18.8 Å². The fourth-order valence-electron chi connectivity index (χ4n) is 1.18. The summed E-state index contributed by atoms with van der Waals surface area (Å²) in [5.41, 5.74) is -0.222. The van der Waals surface area contributed by atoms with Crippen molar-refractivity contribution >= 4 is 11.8 Å². The number of hydrogen-bond acceptors (Lipinski definition) is 3. The van der Waals surface area contributed by atoms with Crippen LogP contribution in [0.5, 0.6) is 5.75 Å². The van der Waals surface area contributed by atoms with Crippen molar-refractivity contribution in [3.8, 4) is 5.75 Å². The minimum Gasteiger partial charge on any atom is -0.494 e. The van der Waals surface area contributed by atoms with Crippen LogP contribution in [0.25, 0.3) is 0 Å². The van der Waals surface area contributed by atoms with Gasteiger partial charge in [-0.2, -0.15) is 0 Å². The topological polar surface area (TPSA) is 47.6 Å². The van der Waals surface area contributed by atoms with Gasteiger partial charge >= 0.3 is 6.09 Å². The lowest BCUT2D eigenvalue weighted by Crippen LogP contribution is -2.27. The van der Waals surface area contributed by atoms with E-state index in [0.717, 1.165) is 0 Å². The molecule has 1 aromatic carbocycles. The maximum Gasteiger partial charge on any atom is 0.412 e. The molecule has 0 saturated heterocycles. The number of hydrogen-bond donors (Lipinski definition) is 1. The van der Waals surface area contributed by atoms with Gasteiger partial charge in [0.05, 0.1) is 12.8 Å². The average Bonchev–Trinajstić information content (AvgIpc) is 2.17. The van der Waals surface area contributed by atoms with E-state index in [0.29, 0.717) is 5.69 Å². The number of carbonyl (C=O) groups is 1. The van der Waals surface area contributed by atoms with E-state index in [2.05, 4.69) is 5.32 Å². The van der Waals surface area contributed by atoms with Gasteiger partial charge in [-0.05, 0) is 32.9 Å². The number of nitrogens with one attached hydrogen (secondary N) is 1. The summed E-state index contributed by atoms with van der Waals surface area (Å²) in [5.74, 6) is -0.188. The lowest BCUT2D eigenvalue weighted by molar-refractivity contribution is 0.0635. The number of amides is 1. The predicted molar refractivity (Wildman–Crippen MR) is 62.8 cm³/mol. The highest BCUT2D eigenvalue weighted by molar-refractivity contribution is 5.86. The molecule has 17 heavy (non-hydrogen) atoms. The van der Waals surface area contributed by atoms with E-state index in [4.69, 9.17) is 9.47 Å². The molecule has 0 aliphatic rings. The molecule has 0 saturated carbocycles. The molecular formula is C12H16FNO3. The van der Waals surface area contributed by atoms with E-state index >= 15 is 0 Å². The van der Waals surface area contributed by atoms with Gasteiger partial charge in [-0.1, -0.05) is 0 Å². The van der Waals surface area contributed by atoms with Gasteiger partial charge in [-0.15, -0.1) is 0 Å². The SMILES string of the molecule is COc1cc(F)ccc1NC(=O)OC(C)(C)C. The Morgan fingerprint density at radius 1 is 1.35 bits per heavy atom. The van der Waals surface area contributed by atoms with Crippen molar-refractivity contribution < 1.29 is 18.7 Å². The van der Waals surface area contributed by atoms with Crippen molar-refractivity contribution in [2.45, 2.75) is 26.4 Å². The first-order valence-corrected chi connectivity index (χ1v) is 5.15. The number of anilines is 1. The Morgan fingerprint density at radius 3 is 2.53 bits per heavy atom. The molecule has 0 unspecified atom stereocenters. The zero-order valence-electron chi connectivity index (χ0n) is 10.3. The second-order valence-electron chi connectivity index (χ2n) is 4.47. The van der Waals surface area contributed by atoms with Gasteiger partial charge in [0.15, 0.2) is 0 Å². The van der Waals surface area contributed by atoms with Crippen LogP contribution in [-0.2, 0) is 4.74 Å². The van der Waals surface area contributed by atoms with Gasteiger partial charge in [0.25, 0.3) is 0 Å². The first-order chi connectivity index (χ1) is 7.81. The normalized spacial score (nSPS) is 10.9. The van der Waals surface area contributed by atoms with Gasteiger partial charge in [-0.3, -0.25) is 5.32 Å². The van der Waals surface area contributed by atoms with Crippen LogP contribution in [0.15, 0.2) is 18.2 Å². The third-order valence-electron chi connectivity index (χ3n) is 1.80. The van der Waals surface area contributed by atoms with Crippen LogP contribution >= 0.6 is 0 Å². The molecule has 94 valence electrons. The predicted octanol–water partition coefficient (Wildman–Crippen LogP) is 3.18. The summed E-state index contributed by atoms with van der Waals surface area (Å²) < 4.78 is 22.9. The van der Waals surface area contributed by atoms with Gasteiger partial charge in [-0.25, -0.2) is 9.18 Å². The quantitative estimate of drug-likeness (QED) is 0.865. The minimum absolute atomic E-state index is 0.246. The van der Waals surface area contributed by atoms with Crippen LogP contribution < -0.4 is 10.1 Å². The summed E-state index contributed by atoms with van der Waals surface area (Å²) in [5, 5.41) is 2.49. The van der Waals surface area contributed by atoms with Gasteiger partial charge in [0.1, 0.15) is 17.2 Å². The molecule has 0 atom stereocenters. The summed E-state index contributed by atoms with van der Waals surface area (Å²) in [6.45, 7) is 5.28. The number of methoxy groups -OCH3 is 1. The maximum absolute atomic E-state index is 12.9. The molecule has 0 heterocycles. The van der Waals surface area contributed by atoms with E-state index in [9.17, 15) is 9.18 Å². The number of halogens is 1. The molecular weight excluding hydrogens is 225 g/mol. The monoisotopic (exact) mass is 241 g/mol. The van der Waals surface area contributed by atoms with Crippen molar-refractivity contribution in [3.05, 3.63) is 24.0 Å². The molecule has 0 fully saturated rings. The molecule has 1 amide bonds. The maximum atomic E-state index is 12.9. The molecule has 0 aromatic heterocycles. The summed E-state index contributed by atoms with van der Waals surface area (Å²) >= 11 is 0. The number of benzene rings is 1. The second-order valence-corrected chi connectivity index (χ2v) is 4.47. The van der Waals surface area contributed by atoms with E-state index in [1.54, 1.807) is 20.8 Å². The molecule has 1 aromatic rings. The lowest BCUT2D eigenvalue weighted by atomic mass is 10.2. The van der Waals surface area contributed by atoms with Crippen LogP contribution in [0.3, 0.4) is 0 Å². The van der Waals surface area contributed by atoms with Gasteiger partial charge in [0, 0.05) is 6.07 Å². The Balaban J connectivity index is 2.78. The summed E-state index contributed by atoms with van der Waals surface area (Å²) in [6.07, 6.45) is -0.609. The third kappa shape index (κ3) is 4.30. The first kappa shape index (κ1) is 13.3.